The molecule has 5 nitrogen and oxygen atoms in total. The van der Waals surface area contributed by atoms with Crippen molar-refractivity contribution in [3.05, 3.63) is 25.4 Å². The van der Waals surface area contributed by atoms with Gasteiger partial charge in [0, 0.05) is 6.07 Å². The van der Waals surface area contributed by atoms with E-state index in [2.05, 4.69) is 9.72 Å². The maximum Gasteiger partial charge on any atom is 0.574 e. The summed E-state index contributed by atoms with van der Waals surface area (Å²) in [5, 5.41) is 10.4. The molecule has 0 aliphatic carbocycles. The Morgan fingerprint density at radius 1 is 1.26 bits per heavy atom. The van der Waals surface area contributed by atoms with Crippen LogP contribution < -0.4 is 4.74 Å². The number of aromatic nitrogens is 1. The van der Waals surface area contributed by atoms with Crippen LogP contribution in [0.15, 0.2) is 6.07 Å². The van der Waals surface area contributed by atoms with Crippen molar-refractivity contribution in [2.75, 3.05) is 0 Å². The van der Waals surface area contributed by atoms with Gasteiger partial charge < -0.3 is 4.74 Å². The topological polar surface area (TPSA) is 65.3 Å². The number of alkyl halides is 6. The van der Waals surface area contributed by atoms with E-state index in [9.17, 15) is 36.5 Å². The Morgan fingerprint density at radius 2 is 1.79 bits per heavy atom. The first-order chi connectivity index (χ1) is 8.42. The average Bonchev–Trinajstić information content (AvgIpc) is 2.16. The molecule has 19 heavy (non-hydrogen) atoms. The highest BCUT2D eigenvalue weighted by Gasteiger charge is 2.43. The molecule has 0 aliphatic rings. The molecule has 0 bridgehead atoms. The van der Waals surface area contributed by atoms with Gasteiger partial charge in [-0.3, -0.25) is 10.1 Å². The SMILES string of the molecule is O=[N+]([O-])c1cc(I)c(OC(F)(F)F)nc1C(F)(F)F. The number of halogens is 7. The van der Waals surface area contributed by atoms with Crippen molar-refractivity contribution >= 4 is 28.3 Å². The molecule has 0 unspecified atom stereocenters. The minimum absolute atomic E-state index is 0.303. The summed E-state index contributed by atoms with van der Waals surface area (Å²) in [5.41, 5.74) is -3.51. The Balaban J connectivity index is 3.43. The standard InChI is InChI=1S/C7HF6IN2O3/c8-6(9,10)4-3(16(17)18)1-2(14)5(15-4)19-7(11,12)13/h1H. The number of rotatable bonds is 2. The lowest BCUT2D eigenvalue weighted by atomic mass is 10.3. The van der Waals surface area contributed by atoms with Crippen LogP contribution in [0.2, 0.25) is 0 Å². The minimum Gasteiger partial charge on any atom is -0.387 e. The van der Waals surface area contributed by atoms with Gasteiger partial charge in [0.1, 0.15) is 0 Å². The van der Waals surface area contributed by atoms with E-state index < -0.39 is 38.3 Å². The van der Waals surface area contributed by atoms with Gasteiger partial charge in [-0.2, -0.15) is 13.2 Å². The molecule has 0 N–H and O–H groups in total. The molecule has 0 aromatic carbocycles. The Hall–Kier alpha value is -1.34. The molecule has 0 atom stereocenters. The molecule has 106 valence electrons. The summed E-state index contributed by atoms with van der Waals surface area (Å²) >= 11 is 1.14. The van der Waals surface area contributed by atoms with E-state index in [4.69, 9.17) is 0 Å². The fourth-order valence-corrected chi connectivity index (χ4v) is 1.52. The Morgan fingerprint density at radius 3 is 2.16 bits per heavy atom. The monoisotopic (exact) mass is 402 g/mol. The molecule has 0 saturated carbocycles. The average molecular weight is 402 g/mol. The second-order valence-corrected chi connectivity index (χ2v) is 4.11. The summed E-state index contributed by atoms with van der Waals surface area (Å²) in [4.78, 5) is 11.6. The van der Waals surface area contributed by atoms with Crippen LogP contribution in [0.5, 0.6) is 5.88 Å². The predicted octanol–water partition coefficient (Wildman–Crippen LogP) is 3.51. The van der Waals surface area contributed by atoms with Crippen LogP contribution in [-0.2, 0) is 6.18 Å². The number of nitro groups is 1. The van der Waals surface area contributed by atoms with Crippen molar-refractivity contribution < 1.29 is 36.0 Å². The van der Waals surface area contributed by atoms with E-state index in [0.717, 1.165) is 22.6 Å². The zero-order valence-electron chi connectivity index (χ0n) is 8.34. The summed E-state index contributed by atoms with van der Waals surface area (Å²) in [6, 6.07) is 0.303. The number of pyridine rings is 1. The van der Waals surface area contributed by atoms with E-state index in [-0.39, 0.29) is 0 Å². The molecular weight excluding hydrogens is 401 g/mol. The number of hydrogen-bond acceptors (Lipinski definition) is 4. The van der Waals surface area contributed by atoms with E-state index in [1.165, 1.54) is 0 Å². The lowest BCUT2D eigenvalue weighted by Gasteiger charge is -2.12. The minimum atomic E-state index is -5.28. The summed E-state index contributed by atoms with van der Waals surface area (Å²) in [5.74, 6) is -1.40. The van der Waals surface area contributed by atoms with Crippen LogP contribution in [0.1, 0.15) is 5.69 Å². The number of ether oxygens (including phenoxy) is 1. The third kappa shape index (κ3) is 4.07. The Bertz CT molecular complexity index is 515. The van der Waals surface area contributed by atoms with E-state index in [1.807, 2.05) is 0 Å². The van der Waals surface area contributed by atoms with Gasteiger partial charge in [-0.05, 0) is 22.6 Å². The van der Waals surface area contributed by atoms with Crippen LogP contribution in [0.25, 0.3) is 0 Å². The molecule has 0 amide bonds. The highest BCUT2D eigenvalue weighted by molar-refractivity contribution is 14.1. The largest absolute Gasteiger partial charge is 0.574 e. The lowest BCUT2D eigenvalue weighted by Crippen LogP contribution is -2.21. The molecule has 0 fully saturated rings. The van der Waals surface area contributed by atoms with Gasteiger partial charge in [-0.15, -0.1) is 13.2 Å². The number of nitrogens with zero attached hydrogens (tertiary/aromatic N) is 2. The molecule has 1 aromatic heterocycles. The van der Waals surface area contributed by atoms with Crippen molar-refractivity contribution in [2.45, 2.75) is 12.5 Å². The molecule has 12 heteroatoms. The van der Waals surface area contributed by atoms with E-state index in [0.29, 0.717) is 6.07 Å². The third-order valence-electron chi connectivity index (χ3n) is 1.60. The van der Waals surface area contributed by atoms with Crippen LogP contribution in [0.3, 0.4) is 0 Å². The van der Waals surface area contributed by atoms with Gasteiger partial charge in [0.15, 0.2) is 0 Å². The first-order valence-corrected chi connectivity index (χ1v) is 5.17. The number of hydrogen-bond donors (Lipinski definition) is 0. The second kappa shape index (κ2) is 4.97. The first-order valence-electron chi connectivity index (χ1n) is 4.09. The van der Waals surface area contributed by atoms with Gasteiger partial charge in [0.25, 0.3) is 0 Å². The zero-order valence-corrected chi connectivity index (χ0v) is 10.5. The maximum absolute atomic E-state index is 12.4. The molecule has 0 saturated heterocycles. The van der Waals surface area contributed by atoms with Crippen LogP contribution in [0, 0.1) is 13.7 Å². The van der Waals surface area contributed by atoms with Crippen molar-refractivity contribution in [2.24, 2.45) is 0 Å². The van der Waals surface area contributed by atoms with Gasteiger partial charge in [0.05, 0.1) is 8.49 Å². The van der Waals surface area contributed by atoms with Crippen LogP contribution in [-0.4, -0.2) is 16.3 Å². The lowest BCUT2D eigenvalue weighted by molar-refractivity contribution is -0.388. The molecular formula is C7HF6IN2O3. The molecule has 1 rings (SSSR count). The fourth-order valence-electron chi connectivity index (χ4n) is 0.991. The summed E-state index contributed by atoms with van der Waals surface area (Å²) in [6.45, 7) is 0. The van der Waals surface area contributed by atoms with Crippen molar-refractivity contribution in [1.29, 1.82) is 0 Å². The van der Waals surface area contributed by atoms with Crippen LogP contribution >= 0.6 is 22.6 Å². The first kappa shape index (κ1) is 15.7. The van der Waals surface area contributed by atoms with Gasteiger partial charge in [0.2, 0.25) is 11.6 Å². The molecule has 1 heterocycles. The van der Waals surface area contributed by atoms with E-state index >= 15 is 0 Å². The molecule has 0 radical (unpaired) electrons. The van der Waals surface area contributed by atoms with Crippen molar-refractivity contribution in [1.82, 2.24) is 4.98 Å². The summed E-state index contributed by atoms with van der Waals surface area (Å²) in [7, 11) is 0. The third-order valence-corrected chi connectivity index (χ3v) is 2.37. The zero-order chi connectivity index (χ0) is 15.0. The van der Waals surface area contributed by atoms with E-state index in [1.54, 1.807) is 0 Å². The van der Waals surface area contributed by atoms with Gasteiger partial charge >= 0.3 is 18.2 Å². The maximum atomic E-state index is 12.4. The highest BCUT2D eigenvalue weighted by Crippen LogP contribution is 2.38. The van der Waals surface area contributed by atoms with Gasteiger partial charge in [-0.25, -0.2) is 4.98 Å². The Kier molecular flexibility index (Phi) is 4.11. The summed E-state index contributed by atoms with van der Waals surface area (Å²) < 4.78 is 75.8. The quantitative estimate of drug-likeness (QED) is 0.329. The fraction of sp³-hybridized carbons (Fsp3) is 0.286. The Labute approximate surface area is 113 Å². The summed E-state index contributed by atoms with van der Waals surface area (Å²) in [6.07, 6.45) is -10.5. The smallest absolute Gasteiger partial charge is 0.387 e. The second-order valence-electron chi connectivity index (χ2n) is 2.95. The van der Waals surface area contributed by atoms with Crippen LogP contribution in [0.4, 0.5) is 32.0 Å². The molecule has 1 aromatic rings. The normalized spacial score (nSPS) is 12.4. The highest BCUT2D eigenvalue weighted by atomic mass is 127. The predicted molar refractivity (Wildman–Crippen MR) is 55.3 cm³/mol. The van der Waals surface area contributed by atoms with Gasteiger partial charge in [-0.1, -0.05) is 0 Å². The molecule has 0 aliphatic heterocycles. The van der Waals surface area contributed by atoms with Crippen molar-refractivity contribution in [3.63, 3.8) is 0 Å². The van der Waals surface area contributed by atoms with Crippen molar-refractivity contribution in [3.8, 4) is 5.88 Å². The molecule has 0 spiro atoms.